The van der Waals surface area contributed by atoms with E-state index in [1.54, 1.807) is 25.6 Å². The lowest BCUT2D eigenvalue weighted by Crippen LogP contribution is -2.05. The van der Waals surface area contributed by atoms with Gasteiger partial charge in [0.05, 0.1) is 19.9 Å². The van der Waals surface area contributed by atoms with Crippen molar-refractivity contribution in [2.75, 3.05) is 26.1 Å². The van der Waals surface area contributed by atoms with E-state index in [0.717, 1.165) is 35.3 Å². The van der Waals surface area contributed by atoms with Gasteiger partial charge < -0.3 is 14.8 Å². The summed E-state index contributed by atoms with van der Waals surface area (Å²) in [4.78, 5) is 4.73. The van der Waals surface area contributed by atoms with Gasteiger partial charge in [0.1, 0.15) is 0 Å². The van der Waals surface area contributed by atoms with E-state index in [0.29, 0.717) is 0 Å². The van der Waals surface area contributed by atoms with Crippen molar-refractivity contribution in [1.82, 2.24) is 4.98 Å². The zero-order valence-corrected chi connectivity index (χ0v) is 16.4. The molecule has 1 N–H and O–H groups in total. The summed E-state index contributed by atoms with van der Waals surface area (Å²) in [7, 11) is 3.30. The van der Waals surface area contributed by atoms with Gasteiger partial charge in [-0.2, -0.15) is 0 Å². The van der Waals surface area contributed by atoms with Gasteiger partial charge in [-0.3, -0.25) is 0 Å². The van der Waals surface area contributed by atoms with Crippen LogP contribution >= 0.6 is 11.3 Å². The van der Waals surface area contributed by atoms with Gasteiger partial charge in [0.15, 0.2) is 16.6 Å². The highest BCUT2D eigenvalue weighted by atomic mass is 32.1. The van der Waals surface area contributed by atoms with Crippen molar-refractivity contribution < 1.29 is 9.47 Å². The predicted octanol–water partition coefficient (Wildman–Crippen LogP) is 5.10. The highest BCUT2D eigenvalue weighted by Crippen LogP contribution is 2.29. The van der Waals surface area contributed by atoms with Gasteiger partial charge in [0, 0.05) is 17.5 Å². The Bertz CT molecular complexity index is 889. The average Bonchev–Trinajstić information content (AvgIpc) is 3.10. The lowest BCUT2D eigenvalue weighted by molar-refractivity contribution is 0.354. The van der Waals surface area contributed by atoms with Crippen LogP contribution in [0, 0.1) is 13.8 Å². The maximum Gasteiger partial charge on any atom is 0.183 e. The van der Waals surface area contributed by atoms with Gasteiger partial charge >= 0.3 is 0 Å². The van der Waals surface area contributed by atoms with E-state index in [2.05, 4.69) is 48.8 Å². The van der Waals surface area contributed by atoms with Gasteiger partial charge in [-0.25, -0.2) is 4.98 Å². The summed E-state index contributed by atoms with van der Waals surface area (Å²) in [6.07, 6.45) is 0.888. The van der Waals surface area contributed by atoms with Crippen molar-refractivity contribution in [3.8, 4) is 22.8 Å². The van der Waals surface area contributed by atoms with Gasteiger partial charge in [-0.05, 0) is 43.5 Å². The second kappa shape index (κ2) is 8.23. The van der Waals surface area contributed by atoms with Crippen LogP contribution in [0.25, 0.3) is 11.3 Å². The van der Waals surface area contributed by atoms with E-state index in [1.807, 2.05) is 12.1 Å². The third-order valence-corrected chi connectivity index (χ3v) is 5.10. The van der Waals surface area contributed by atoms with Crippen LogP contribution in [0.2, 0.25) is 0 Å². The number of thiazole rings is 1. The van der Waals surface area contributed by atoms with Crippen LogP contribution in [-0.4, -0.2) is 25.7 Å². The fourth-order valence-corrected chi connectivity index (χ4v) is 3.67. The van der Waals surface area contributed by atoms with E-state index in [1.165, 1.54) is 22.3 Å². The average molecular weight is 369 g/mol. The number of nitrogens with zero attached hydrogens (tertiary/aromatic N) is 1. The quantitative estimate of drug-likeness (QED) is 0.630. The largest absolute Gasteiger partial charge is 0.493 e. The Morgan fingerprint density at radius 1 is 1.00 bits per heavy atom. The summed E-state index contributed by atoms with van der Waals surface area (Å²) in [5.74, 6) is 1.51. The second-order valence-corrected chi connectivity index (χ2v) is 7.08. The van der Waals surface area contributed by atoms with E-state index < -0.39 is 0 Å². The Morgan fingerprint density at radius 3 is 2.54 bits per heavy atom. The topological polar surface area (TPSA) is 43.4 Å². The molecule has 3 rings (SSSR count). The SMILES string of the molecule is COc1ccc(CCNc2nc(-c3ccc(C)cc3C)cs2)cc1OC. The molecule has 0 amide bonds. The molecule has 0 bridgehead atoms. The minimum absolute atomic E-state index is 0.752. The maximum absolute atomic E-state index is 5.36. The predicted molar refractivity (Wildman–Crippen MR) is 109 cm³/mol. The minimum Gasteiger partial charge on any atom is -0.493 e. The number of methoxy groups -OCH3 is 2. The molecule has 5 heteroatoms. The number of ether oxygens (including phenoxy) is 2. The van der Waals surface area contributed by atoms with Crippen LogP contribution in [0.4, 0.5) is 5.13 Å². The molecule has 0 saturated carbocycles. The lowest BCUT2D eigenvalue weighted by atomic mass is 10.0. The Labute approximate surface area is 158 Å². The summed E-state index contributed by atoms with van der Waals surface area (Å²) in [6.45, 7) is 5.06. The summed E-state index contributed by atoms with van der Waals surface area (Å²) in [6, 6.07) is 12.5. The van der Waals surface area contributed by atoms with Gasteiger partial charge in [-0.15, -0.1) is 11.3 Å². The van der Waals surface area contributed by atoms with Crippen LogP contribution in [0.3, 0.4) is 0 Å². The molecular formula is C21H24N2O2S. The number of benzene rings is 2. The van der Waals surface area contributed by atoms with Gasteiger partial charge in [0.2, 0.25) is 0 Å². The highest BCUT2D eigenvalue weighted by molar-refractivity contribution is 7.14. The molecule has 0 radical (unpaired) electrons. The fraction of sp³-hybridized carbons (Fsp3) is 0.286. The molecule has 0 aliphatic rings. The number of nitrogens with one attached hydrogen (secondary N) is 1. The molecule has 4 nitrogen and oxygen atoms in total. The Balaban J connectivity index is 1.62. The molecule has 2 aromatic carbocycles. The van der Waals surface area contributed by atoms with E-state index in [4.69, 9.17) is 14.5 Å². The van der Waals surface area contributed by atoms with Crippen molar-refractivity contribution in [2.45, 2.75) is 20.3 Å². The fourth-order valence-electron chi connectivity index (χ4n) is 2.93. The number of rotatable bonds is 7. The van der Waals surface area contributed by atoms with Crippen LogP contribution in [0.15, 0.2) is 41.8 Å². The molecule has 1 aromatic heterocycles. The summed E-state index contributed by atoms with van der Waals surface area (Å²) in [5, 5.41) is 6.47. The Hall–Kier alpha value is -2.53. The number of anilines is 1. The zero-order chi connectivity index (χ0) is 18.5. The monoisotopic (exact) mass is 368 g/mol. The smallest absolute Gasteiger partial charge is 0.183 e. The number of hydrogen-bond donors (Lipinski definition) is 1. The highest BCUT2D eigenvalue weighted by Gasteiger charge is 2.08. The molecule has 0 atom stereocenters. The molecule has 26 heavy (non-hydrogen) atoms. The van der Waals surface area contributed by atoms with Crippen molar-refractivity contribution >= 4 is 16.5 Å². The van der Waals surface area contributed by atoms with Crippen LogP contribution in [0.5, 0.6) is 11.5 Å². The summed E-state index contributed by atoms with van der Waals surface area (Å²) < 4.78 is 10.6. The lowest BCUT2D eigenvalue weighted by Gasteiger charge is -2.09. The molecule has 0 aliphatic heterocycles. The minimum atomic E-state index is 0.752. The molecule has 0 saturated heterocycles. The first-order chi connectivity index (χ1) is 12.6. The molecule has 0 spiro atoms. The van der Waals surface area contributed by atoms with Crippen molar-refractivity contribution in [1.29, 1.82) is 0 Å². The van der Waals surface area contributed by atoms with Gasteiger partial charge in [0.25, 0.3) is 0 Å². The van der Waals surface area contributed by atoms with Crippen molar-refractivity contribution in [3.05, 3.63) is 58.5 Å². The first kappa shape index (κ1) is 18.3. The maximum atomic E-state index is 5.36. The Kier molecular flexibility index (Phi) is 5.78. The number of hydrogen-bond acceptors (Lipinski definition) is 5. The van der Waals surface area contributed by atoms with Crippen LogP contribution < -0.4 is 14.8 Å². The standard InChI is InChI=1S/C21H24N2O2S/c1-14-5-7-17(15(2)11-14)18-13-26-21(23-18)22-10-9-16-6-8-19(24-3)20(12-16)25-4/h5-8,11-13H,9-10H2,1-4H3,(H,22,23). The van der Waals surface area contributed by atoms with Crippen molar-refractivity contribution in [2.24, 2.45) is 0 Å². The zero-order valence-electron chi connectivity index (χ0n) is 15.6. The second-order valence-electron chi connectivity index (χ2n) is 6.22. The molecule has 3 aromatic rings. The molecule has 136 valence electrons. The molecule has 1 heterocycles. The first-order valence-corrected chi connectivity index (χ1v) is 9.46. The first-order valence-electron chi connectivity index (χ1n) is 8.58. The number of aryl methyl sites for hydroxylation is 2. The third kappa shape index (κ3) is 4.17. The molecular weight excluding hydrogens is 344 g/mol. The molecule has 0 unspecified atom stereocenters. The van der Waals surface area contributed by atoms with Gasteiger partial charge in [-0.1, -0.05) is 29.8 Å². The normalized spacial score (nSPS) is 10.6. The van der Waals surface area contributed by atoms with E-state index >= 15 is 0 Å². The molecule has 0 aliphatic carbocycles. The summed E-state index contributed by atoms with van der Waals surface area (Å²) in [5.41, 5.74) is 5.95. The van der Waals surface area contributed by atoms with Crippen LogP contribution in [-0.2, 0) is 6.42 Å². The third-order valence-electron chi connectivity index (χ3n) is 4.30. The number of aromatic nitrogens is 1. The summed E-state index contributed by atoms with van der Waals surface area (Å²) >= 11 is 1.64. The van der Waals surface area contributed by atoms with Crippen LogP contribution in [0.1, 0.15) is 16.7 Å². The Morgan fingerprint density at radius 2 is 1.81 bits per heavy atom. The van der Waals surface area contributed by atoms with E-state index in [9.17, 15) is 0 Å². The molecule has 0 fully saturated rings. The van der Waals surface area contributed by atoms with Crippen molar-refractivity contribution in [3.63, 3.8) is 0 Å². The van der Waals surface area contributed by atoms with E-state index in [-0.39, 0.29) is 0 Å².